The first kappa shape index (κ1) is 14.2. The Morgan fingerprint density at radius 1 is 1.29 bits per heavy atom. The molecule has 2 atom stereocenters. The Kier molecular flexibility index (Phi) is 3.77. The minimum atomic E-state index is 0.182. The van der Waals surface area contributed by atoms with Gasteiger partial charge in [-0.1, -0.05) is 0 Å². The lowest BCUT2D eigenvalue weighted by Gasteiger charge is -2.36. The van der Waals surface area contributed by atoms with Gasteiger partial charge in [-0.05, 0) is 13.8 Å². The largest absolute Gasteiger partial charge is 0.377 e. The van der Waals surface area contributed by atoms with Gasteiger partial charge in [0.05, 0.1) is 23.8 Å². The van der Waals surface area contributed by atoms with Crippen molar-refractivity contribution in [2.45, 2.75) is 32.7 Å². The second-order valence-electron chi connectivity index (χ2n) is 5.56. The van der Waals surface area contributed by atoms with Crippen LogP contribution in [0.1, 0.15) is 19.7 Å². The molecule has 1 saturated heterocycles. The molecule has 7 nitrogen and oxygen atoms in total. The zero-order valence-electron chi connectivity index (χ0n) is 12.9. The highest BCUT2D eigenvalue weighted by Gasteiger charge is 2.26. The number of hydrogen-bond acceptors (Lipinski definition) is 6. The molecule has 3 rings (SSSR count). The van der Waals surface area contributed by atoms with Crippen LogP contribution in [0.3, 0.4) is 0 Å². The van der Waals surface area contributed by atoms with E-state index in [1.807, 2.05) is 13.2 Å². The molecule has 0 amide bonds. The molecule has 0 unspecified atom stereocenters. The molecule has 1 aliphatic heterocycles. The van der Waals surface area contributed by atoms with Gasteiger partial charge in [0, 0.05) is 27.2 Å². The standard InChI is InChI=1S/C14H21N5O2/c1-9-6-19(7-10(2)21-9)14-11-5-15-18(3)13(11)16-12(17-14)8-20-4/h5,9-10H,6-8H2,1-4H3/t9-,10+. The Morgan fingerprint density at radius 2 is 2.00 bits per heavy atom. The maximum Gasteiger partial charge on any atom is 0.163 e. The van der Waals surface area contributed by atoms with Gasteiger partial charge >= 0.3 is 0 Å². The molecule has 1 fully saturated rings. The van der Waals surface area contributed by atoms with Crippen LogP contribution < -0.4 is 4.90 Å². The van der Waals surface area contributed by atoms with Crippen LogP contribution in [-0.4, -0.2) is 52.2 Å². The zero-order chi connectivity index (χ0) is 15.0. The smallest absolute Gasteiger partial charge is 0.163 e. The normalized spacial score (nSPS) is 23.0. The predicted octanol–water partition coefficient (Wildman–Crippen LogP) is 1.12. The van der Waals surface area contributed by atoms with Crippen LogP contribution in [0.4, 0.5) is 5.82 Å². The Morgan fingerprint density at radius 3 is 2.67 bits per heavy atom. The molecule has 21 heavy (non-hydrogen) atoms. The Balaban J connectivity index is 2.07. The highest BCUT2D eigenvalue weighted by atomic mass is 16.5. The number of aromatic nitrogens is 4. The minimum absolute atomic E-state index is 0.182. The molecule has 114 valence electrons. The molecule has 0 N–H and O–H groups in total. The summed E-state index contributed by atoms with van der Waals surface area (Å²) in [4.78, 5) is 11.5. The van der Waals surface area contributed by atoms with E-state index in [1.54, 1.807) is 11.8 Å². The molecular formula is C14H21N5O2. The first-order valence-corrected chi connectivity index (χ1v) is 7.16. The van der Waals surface area contributed by atoms with E-state index in [9.17, 15) is 0 Å². The van der Waals surface area contributed by atoms with Gasteiger partial charge in [-0.25, -0.2) is 9.97 Å². The van der Waals surface area contributed by atoms with Crippen molar-refractivity contribution in [3.63, 3.8) is 0 Å². The summed E-state index contributed by atoms with van der Waals surface area (Å²) in [5.41, 5.74) is 0.832. The van der Waals surface area contributed by atoms with Crippen molar-refractivity contribution in [2.24, 2.45) is 7.05 Å². The third-order valence-corrected chi connectivity index (χ3v) is 3.61. The third-order valence-electron chi connectivity index (χ3n) is 3.61. The lowest BCUT2D eigenvalue weighted by Crippen LogP contribution is -2.46. The van der Waals surface area contributed by atoms with Crippen LogP contribution in [0.15, 0.2) is 6.20 Å². The summed E-state index contributed by atoms with van der Waals surface area (Å²) >= 11 is 0. The predicted molar refractivity (Wildman–Crippen MR) is 79.2 cm³/mol. The van der Waals surface area contributed by atoms with Gasteiger partial charge in [0.25, 0.3) is 0 Å². The molecule has 0 spiro atoms. The quantitative estimate of drug-likeness (QED) is 0.844. The molecule has 0 aromatic carbocycles. The third kappa shape index (κ3) is 2.71. The highest BCUT2D eigenvalue weighted by Crippen LogP contribution is 2.26. The second-order valence-corrected chi connectivity index (χ2v) is 5.56. The van der Waals surface area contributed by atoms with Crippen molar-refractivity contribution >= 4 is 16.9 Å². The number of hydrogen-bond donors (Lipinski definition) is 0. The molecule has 2 aromatic rings. The minimum Gasteiger partial charge on any atom is -0.377 e. The number of aryl methyl sites for hydroxylation is 1. The Labute approximate surface area is 123 Å². The maximum atomic E-state index is 5.80. The van der Waals surface area contributed by atoms with Gasteiger partial charge in [-0.3, -0.25) is 4.68 Å². The maximum absolute atomic E-state index is 5.80. The summed E-state index contributed by atoms with van der Waals surface area (Å²) in [7, 11) is 3.54. The van der Waals surface area contributed by atoms with Gasteiger partial charge in [0.1, 0.15) is 12.4 Å². The van der Waals surface area contributed by atoms with E-state index in [-0.39, 0.29) is 12.2 Å². The highest BCUT2D eigenvalue weighted by molar-refractivity contribution is 5.87. The lowest BCUT2D eigenvalue weighted by molar-refractivity contribution is -0.00539. The molecule has 0 saturated carbocycles. The van der Waals surface area contributed by atoms with Gasteiger partial charge < -0.3 is 14.4 Å². The van der Waals surface area contributed by atoms with E-state index in [2.05, 4.69) is 33.8 Å². The van der Waals surface area contributed by atoms with Crippen LogP contribution in [0, 0.1) is 0 Å². The van der Waals surface area contributed by atoms with Crippen LogP contribution in [0.2, 0.25) is 0 Å². The van der Waals surface area contributed by atoms with E-state index in [0.29, 0.717) is 12.4 Å². The summed E-state index contributed by atoms with van der Waals surface area (Å²) in [5.74, 6) is 1.59. The van der Waals surface area contributed by atoms with Crippen molar-refractivity contribution < 1.29 is 9.47 Å². The van der Waals surface area contributed by atoms with Gasteiger partial charge in [-0.2, -0.15) is 5.10 Å². The summed E-state index contributed by atoms with van der Waals surface area (Å²) < 4.78 is 12.8. The van der Waals surface area contributed by atoms with E-state index < -0.39 is 0 Å². The van der Waals surface area contributed by atoms with Crippen molar-refractivity contribution in [2.75, 3.05) is 25.1 Å². The molecule has 3 heterocycles. The molecule has 2 aromatic heterocycles. The summed E-state index contributed by atoms with van der Waals surface area (Å²) in [5, 5.41) is 5.28. The fraction of sp³-hybridized carbons (Fsp3) is 0.643. The summed E-state index contributed by atoms with van der Waals surface area (Å²) in [6.07, 6.45) is 2.19. The number of rotatable bonds is 3. The fourth-order valence-electron chi connectivity index (χ4n) is 2.84. The topological polar surface area (TPSA) is 65.3 Å². The van der Waals surface area contributed by atoms with Crippen molar-refractivity contribution in [3.8, 4) is 0 Å². The van der Waals surface area contributed by atoms with Crippen LogP contribution in [0.25, 0.3) is 11.0 Å². The molecular weight excluding hydrogens is 270 g/mol. The van der Waals surface area contributed by atoms with E-state index in [1.165, 1.54) is 0 Å². The van der Waals surface area contributed by atoms with Crippen molar-refractivity contribution in [3.05, 3.63) is 12.0 Å². The van der Waals surface area contributed by atoms with E-state index >= 15 is 0 Å². The molecule has 1 aliphatic rings. The summed E-state index contributed by atoms with van der Waals surface area (Å²) in [6.45, 7) is 6.19. The van der Waals surface area contributed by atoms with Crippen LogP contribution >= 0.6 is 0 Å². The first-order chi connectivity index (χ1) is 10.1. The van der Waals surface area contributed by atoms with Gasteiger partial charge in [0.2, 0.25) is 0 Å². The monoisotopic (exact) mass is 291 g/mol. The van der Waals surface area contributed by atoms with Crippen LogP contribution in [0.5, 0.6) is 0 Å². The summed E-state index contributed by atoms with van der Waals surface area (Å²) in [6, 6.07) is 0. The van der Waals surface area contributed by atoms with Crippen molar-refractivity contribution in [1.82, 2.24) is 19.7 Å². The number of nitrogens with zero attached hydrogens (tertiary/aromatic N) is 5. The van der Waals surface area contributed by atoms with Gasteiger partial charge in [0.15, 0.2) is 11.5 Å². The molecule has 7 heteroatoms. The Hall–Kier alpha value is -1.73. The number of anilines is 1. The first-order valence-electron chi connectivity index (χ1n) is 7.16. The second kappa shape index (κ2) is 5.57. The zero-order valence-corrected chi connectivity index (χ0v) is 12.9. The van der Waals surface area contributed by atoms with Crippen molar-refractivity contribution in [1.29, 1.82) is 0 Å². The molecule has 0 aliphatic carbocycles. The van der Waals surface area contributed by atoms with E-state index in [0.717, 1.165) is 29.9 Å². The SMILES string of the molecule is COCc1nc(N2C[C@@H](C)O[C@@H](C)C2)c2cnn(C)c2n1. The average Bonchev–Trinajstić information content (AvgIpc) is 2.79. The number of fused-ring (bicyclic) bond motifs is 1. The average molecular weight is 291 g/mol. The van der Waals surface area contributed by atoms with Crippen LogP contribution in [-0.2, 0) is 23.1 Å². The van der Waals surface area contributed by atoms with E-state index in [4.69, 9.17) is 9.47 Å². The fourth-order valence-corrected chi connectivity index (χ4v) is 2.84. The number of ether oxygens (including phenoxy) is 2. The number of morpholine rings is 1. The molecule has 0 bridgehead atoms. The lowest BCUT2D eigenvalue weighted by atomic mass is 10.2. The number of methoxy groups -OCH3 is 1. The molecule has 0 radical (unpaired) electrons. The Bertz CT molecular complexity index is 632. The van der Waals surface area contributed by atoms with Gasteiger partial charge in [-0.15, -0.1) is 0 Å².